The highest BCUT2D eigenvalue weighted by atomic mass is 127. The predicted octanol–water partition coefficient (Wildman–Crippen LogP) is 15.2. The second-order valence-electron chi connectivity index (χ2n) is 27.4. The third-order valence-corrected chi connectivity index (χ3v) is 17.9. The maximum atomic E-state index is 14.3. The van der Waals surface area contributed by atoms with Gasteiger partial charge in [0.1, 0.15) is 52.8 Å². The van der Waals surface area contributed by atoms with E-state index in [0.717, 1.165) is 76.9 Å². The van der Waals surface area contributed by atoms with E-state index in [-0.39, 0.29) is 52.0 Å². The number of carbonyl (C=O) groups excluding carboxylic acids is 4. The fourth-order valence-electron chi connectivity index (χ4n) is 10.6. The lowest BCUT2D eigenvalue weighted by Crippen LogP contribution is -2.27. The van der Waals surface area contributed by atoms with E-state index < -0.39 is 41.0 Å². The minimum absolute atomic E-state index is 0.0448. The fourth-order valence-corrected chi connectivity index (χ4v) is 12.1. The number of nitrogens with one attached hydrogen (secondary N) is 6. The van der Waals surface area contributed by atoms with Crippen molar-refractivity contribution in [1.29, 1.82) is 0 Å². The van der Waals surface area contributed by atoms with Gasteiger partial charge >= 0.3 is 18.2 Å². The van der Waals surface area contributed by atoms with Gasteiger partial charge in [-0.05, 0) is 215 Å². The number of rotatable bonds is 15. The number of amides is 4. The summed E-state index contributed by atoms with van der Waals surface area (Å²) in [4.78, 5) is 79.4. The highest BCUT2D eigenvalue weighted by molar-refractivity contribution is 14.1. The van der Waals surface area contributed by atoms with Crippen LogP contribution in [0, 0.1) is 24.9 Å². The van der Waals surface area contributed by atoms with Crippen LogP contribution >= 0.6 is 45.2 Å². The van der Waals surface area contributed by atoms with E-state index in [1.807, 2.05) is 71.3 Å². The number of fused-ring (bicyclic) bond motifs is 5. The molecule has 578 valence electrons. The molecule has 7 N–H and O–H groups in total. The number of nitrogens with zero attached hydrogens (tertiary/aromatic N) is 13. The Kier molecular flexibility index (Phi) is 25.4. The normalized spacial score (nSPS) is 12.7. The third-order valence-electron chi connectivity index (χ3n) is 16.3. The number of ether oxygens (including phenoxy) is 4. The Bertz CT molecular complexity index is 5760. The van der Waals surface area contributed by atoms with Gasteiger partial charge in [0, 0.05) is 89.6 Å². The Morgan fingerprint density at radius 1 is 0.527 bits per heavy atom. The topological polar surface area (TPSA) is 366 Å². The number of H-pyrrole nitrogens is 2. The molecule has 0 saturated heterocycles. The lowest BCUT2D eigenvalue weighted by Gasteiger charge is -2.19. The summed E-state index contributed by atoms with van der Waals surface area (Å²) in [7, 11) is 8.58. The Balaban J connectivity index is 0.000000141. The molecule has 34 heteroatoms. The summed E-state index contributed by atoms with van der Waals surface area (Å²) in [6.07, 6.45) is 20.2. The van der Waals surface area contributed by atoms with Crippen LogP contribution in [0.3, 0.4) is 0 Å². The molecule has 0 spiro atoms. The van der Waals surface area contributed by atoms with Crippen LogP contribution in [0.15, 0.2) is 122 Å². The van der Waals surface area contributed by atoms with Gasteiger partial charge in [-0.1, -0.05) is 30.4 Å². The first-order valence-electron chi connectivity index (χ1n) is 34.6. The van der Waals surface area contributed by atoms with Crippen molar-refractivity contribution in [2.75, 3.05) is 24.9 Å². The molecular weight excluding hydrogens is 1670 g/mol. The monoisotopic (exact) mass is 1750 g/mol. The van der Waals surface area contributed by atoms with Crippen molar-refractivity contribution in [2.24, 2.45) is 21.1 Å². The van der Waals surface area contributed by atoms with E-state index in [0.29, 0.717) is 62.5 Å². The van der Waals surface area contributed by atoms with E-state index in [1.165, 1.54) is 36.5 Å². The number of hydrogen-bond donors (Lipinski definition) is 7. The number of halogens is 5. The standard InChI is InChI=1S/C20H21FN4O2.2C19H17FN4O2.C12H15IN4O2.C8H6IN3O2/c1-20(2,3)27-19(26)23-18-11-15-16(24-25(4)17(15)12-22-18)10-7-13-5-8-14(21)9-6-13;1-26-17-7-3-11(10-21-17)2-6-16-14-8-12(19(25)22-13-4-5-13)9-15(20)18(14)24-23-16;1-26-17-4-2-3-12(21-17)7-8-16-14-9-11(19(25)22-13-5-6-13)10-15(20)18(14)24-23-16;1-12(2,3)19-11(18)15-9-5-7-8(6-14-9)17(4)16-10(7)13;1-12-6-3-10-5(8(13)14)2-4(6)7(9)11-12/h5-12H,1-4H3,(H,22,23,26);2-3,6-10,13H,4-5H2,1H3,(H,22,25)(H,23,24);2-4,7-10,13H,5-6H2,1H3,(H,22,25)(H,23,24);5-6H,1-4H3,(H,14,15,18);2-3H,1H3,(H,13,14)/b10-7+;6-2+;8-7+;;. The molecular formula is C78H76F3I2N19O10. The van der Waals surface area contributed by atoms with Gasteiger partial charge in [-0.2, -0.15) is 25.5 Å². The van der Waals surface area contributed by atoms with Crippen LogP contribution in [0.1, 0.15) is 132 Å². The molecule has 0 aliphatic heterocycles. The van der Waals surface area contributed by atoms with E-state index >= 15 is 0 Å². The summed E-state index contributed by atoms with van der Waals surface area (Å²) in [6.45, 7) is 10.8. The Labute approximate surface area is 665 Å². The first-order chi connectivity index (χ1) is 53.3. The number of benzene rings is 3. The average molecular weight is 1750 g/mol. The summed E-state index contributed by atoms with van der Waals surface area (Å²) in [6, 6.07) is 26.5. The zero-order valence-corrected chi connectivity index (χ0v) is 66.6. The zero-order valence-electron chi connectivity index (χ0n) is 62.3. The molecule has 112 heavy (non-hydrogen) atoms. The first-order valence-corrected chi connectivity index (χ1v) is 36.8. The van der Waals surface area contributed by atoms with Crippen LogP contribution in [-0.4, -0.2) is 147 Å². The van der Waals surface area contributed by atoms with E-state index in [4.69, 9.17) is 24.1 Å². The molecule has 3 aromatic carbocycles. The summed E-state index contributed by atoms with van der Waals surface area (Å²) < 4.78 is 69.0. The molecule has 29 nitrogen and oxygen atoms in total. The lowest BCUT2D eigenvalue weighted by molar-refractivity contribution is 0.0624. The van der Waals surface area contributed by atoms with E-state index in [2.05, 4.69) is 127 Å². The fraction of sp³-hybridized carbons (Fsp3) is 0.244. The molecule has 2 aliphatic carbocycles. The smallest absolute Gasteiger partial charge is 0.413 e. The van der Waals surface area contributed by atoms with Crippen molar-refractivity contribution in [1.82, 2.24) is 85.3 Å². The third kappa shape index (κ3) is 21.6. The number of carboxylic acid groups (broad SMARTS) is 1. The Hall–Kier alpha value is -12.2. The molecule has 2 aliphatic rings. The number of aryl methyl sites for hydroxylation is 3. The number of aromatic amines is 2. The van der Waals surface area contributed by atoms with Crippen molar-refractivity contribution in [3.05, 3.63) is 197 Å². The first kappa shape index (κ1) is 80.8. The molecule has 10 heterocycles. The number of aromatic carboxylic acids is 1. The largest absolute Gasteiger partial charge is 0.481 e. The van der Waals surface area contributed by atoms with Gasteiger partial charge in [-0.15, -0.1) is 0 Å². The zero-order chi connectivity index (χ0) is 80.3. The summed E-state index contributed by atoms with van der Waals surface area (Å²) >= 11 is 4.21. The van der Waals surface area contributed by atoms with Gasteiger partial charge in [-0.25, -0.2) is 52.5 Å². The summed E-state index contributed by atoms with van der Waals surface area (Å²) in [5.74, 6) is -1.01. The van der Waals surface area contributed by atoms with Crippen LogP contribution in [0.4, 0.5) is 34.4 Å². The van der Waals surface area contributed by atoms with Crippen molar-refractivity contribution in [2.45, 2.75) is 90.5 Å². The summed E-state index contributed by atoms with van der Waals surface area (Å²) in [5, 5.41) is 50.0. The second-order valence-corrected chi connectivity index (χ2v) is 29.5. The number of methoxy groups -OCH3 is 2. The molecule has 15 rings (SSSR count). The SMILES string of the molecule is COc1ccc(/C=C/c2[nH]nc3c(F)cc(C(=O)NC4CC4)cc23)cn1.COc1cccc(/C=C/c2[nH]nc3c(F)cc(C(=O)NC4CC4)cc23)n1.Cn1nc(/C=C/c2ccc(F)cc2)c2cc(NC(=O)OC(C)(C)C)ncc21.Cn1nc(I)c2cc(C(=O)O)ncc21.Cn1nc(I)c2cc(NC(=O)OC(C)(C)C)ncc21. The lowest BCUT2D eigenvalue weighted by atomic mass is 10.1. The van der Waals surface area contributed by atoms with Crippen LogP contribution in [0.5, 0.6) is 11.8 Å². The van der Waals surface area contributed by atoms with Crippen molar-refractivity contribution < 1.29 is 61.2 Å². The minimum atomic E-state index is -1.02. The molecule has 4 amide bonds. The molecule has 2 saturated carbocycles. The maximum Gasteiger partial charge on any atom is 0.413 e. The predicted molar refractivity (Wildman–Crippen MR) is 435 cm³/mol. The van der Waals surface area contributed by atoms with Crippen LogP contribution in [-0.2, 0) is 30.6 Å². The number of pyridine rings is 5. The molecule has 0 atom stereocenters. The van der Waals surface area contributed by atoms with Gasteiger partial charge in [0.05, 0.1) is 72.1 Å². The van der Waals surface area contributed by atoms with Gasteiger partial charge in [0.15, 0.2) is 11.6 Å². The van der Waals surface area contributed by atoms with E-state index in [1.54, 1.807) is 141 Å². The number of carbonyl (C=O) groups is 5. The summed E-state index contributed by atoms with van der Waals surface area (Å²) in [5.41, 5.74) is 6.83. The van der Waals surface area contributed by atoms with Crippen LogP contribution in [0.25, 0.3) is 91.0 Å². The number of hydrogen-bond acceptors (Lipinski definition) is 19. The van der Waals surface area contributed by atoms with Gasteiger partial charge < -0.3 is 34.7 Å². The highest BCUT2D eigenvalue weighted by Gasteiger charge is 2.27. The minimum Gasteiger partial charge on any atom is -0.481 e. The highest BCUT2D eigenvalue weighted by Crippen LogP contribution is 2.30. The van der Waals surface area contributed by atoms with Crippen molar-refractivity contribution in [3.8, 4) is 11.8 Å². The van der Waals surface area contributed by atoms with Gasteiger partial charge in [-0.3, -0.25) is 44.5 Å². The van der Waals surface area contributed by atoms with Crippen LogP contribution < -0.4 is 30.7 Å². The molecule has 13 aromatic rings. The van der Waals surface area contributed by atoms with Crippen LogP contribution in [0.2, 0.25) is 0 Å². The number of anilines is 2. The maximum absolute atomic E-state index is 14.3. The molecule has 10 aromatic heterocycles. The number of carboxylic acids is 1. The van der Waals surface area contributed by atoms with Crippen molar-refractivity contribution >= 4 is 178 Å². The Morgan fingerprint density at radius 2 is 1.00 bits per heavy atom. The van der Waals surface area contributed by atoms with Gasteiger partial charge in [0.25, 0.3) is 11.8 Å². The Morgan fingerprint density at radius 3 is 1.49 bits per heavy atom. The molecule has 0 radical (unpaired) electrons. The molecule has 0 unspecified atom stereocenters. The quantitative estimate of drug-likeness (QED) is 0.0469. The molecule has 0 bridgehead atoms. The van der Waals surface area contributed by atoms with E-state index in [9.17, 15) is 37.1 Å². The average Bonchev–Trinajstić information content (AvgIpc) is 1.66. The van der Waals surface area contributed by atoms with Crippen molar-refractivity contribution in [3.63, 3.8) is 0 Å². The van der Waals surface area contributed by atoms with Gasteiger partial charge in [0.2, 0.25) is 11.8 Å². The molecule has 2 fully saturated rings. The number of aromatic nitrogens is 15. The second kappa shape index (κ2) is 35.2.